The van der Waals surface area contributed by atoms with Crippen molar-refractivity contribution in [3.63, 3.8) is 0 Å². The maximum Gasteiger partial charge on any atom is 0.332 e. The summed E-state index contributed by atoms with van der Waals surface area (Å²) < 4.78 is 15.2. The third-order valence-electron chi connectivity index (χ3n) is 0.950. The quantitative estimate of drug-likeness (QED) is 0.581. The fourth-order valence-corrected chi connectivity index (χ4v) is 2.80. The Morgan fingerprint density at radius 2 is 1.58 bits per heavy atom. The molecule has 0 spiro atoms. The number of hydrogen-bond acceptors (Lipinski definition) is 7. The normalized spacial score (nSPS) is 10.0. The van der Waals surface area contributed by atoms with Gasteiger partial charge in [-0.1, -0.05) is 0 Å². The van der Waals surface area contributed by atoms with Crippen molar-refractivity contribution >= 4 is 52.3 Å². The molecular weight excluding hydrogens is 236 g/mol. The summed E-state index contributed by atoms with van der Waals surface area (Å²) in [4.78, 5) is 11.4. The molecule has 0 aliphatic rings. The predicted molar refractivity (Wildman–Crippen MR) is 47.8 cm³/mol. The van der Waals surface area contributed by atoms with Crippen LogP contribution in [0.4, 0.5) is 0 Å². The Morgan fingerprint density at radius 1 is 1.08 bits per heavy atom. The maximum absolute atomic E-state index is 11.4. The highest BCUT2D eigenvalue weighted by Crippen LogP contribution is 2.13. The van der Waals surface area contributed by atoms with E-state index in [0.29, 0.717) is 10.0 Å². The number of aromatic nitrogens is 4. The van der Waals surface area contributed by atoms with E-state index in [1.54, 1.807) is 0 Å². The first-order chi connectivity index (χ1) is 5.88. The molecule has 0 unspecified atom stereocenters. The Labute approximate surface area is 83.3 Å². The summed E-state index contributed by atoms with van der Waals surface area (Å²) in [7, 11) is 0. The molecule has 5 nitrogen and oxygen atoms in total. The number of carbonyl (C=O) groups is 1. The van der Waals surface area contributed by atoms with E-state index >= 15 is 0 Å². The number of carbonyl (C=O) groups excluding carboxylic acids is 1. The van der Waals surface area contributed by atoms with Gasteiger partial charge in [0.1, 0.15) is 7.53 Å². The lowest BCUT2D eigenvalue weighted by molar-refractivity contribution is 0.103. The average Bonchev–Trinajstić information content (AvgIpc) is 2.77. The van der Waals surface area contributed by atoms with Crippen LogP contribution in [0.3, 0.4) is 0 Å². The summed E-state index contributed by atoms with van der Waals surface area (Å²) in [5.74, 6) is -0.188. The van der Waals surface area contributed by atoms with E-state index in [2.05, 4.69) is 16.3 Å². The van der Waals surface area contributed by atoms with Gasteiger partial charge in [-0.05, 0) is 8.75 Å². The standard InChI is InChI=1S/C3N4OS4/c8-1(2-4-11-6-9-2)3-5-12-7-10-3/q+2. The summed E-state index contributed by atoms with van der Waals surface area (Å²) >= 11 is 4.21. The SMILES string of the molecule is O=C(c1nsn[s+]1)c1nsn[s+]1. The minimum absolute atomic E-state index is 0.188. The van der Waals surface area contributed by atoms with Crippen molar-refractivity contribution < 1.29 is 4.79 Å². The van der Waals surface area contributed by atoms with Crippen LogP contribution in [0.15, 0.2) is 0 Å². The highest BCUT2D eigenvalue weighted by molar-refractivity contribution is 7.21. The zero-order chi connectivity index (χ0) is 8.39. The summed E-state index contributed by atoms with van der Waals surface area (Å²) in [6, 6.07) is 0. The van der Waals surface area contributed by atoms with E-state index in [1.165, 1.54) is 0 Å². The van der Waals surface area contributed by atoms with Gasteiger partial charge in [-0.3, -0.25) is 4.79 Å². The van der Waals surface area contributed by atoms with Gasteiger partial charge in [-0.15, -0.1) is 0 Å². The molecule has 0 radical (unpaired) electrons. The van der Waals surface area contributed by atoms with Gasteiger partial charge in [-0.25, -0.2) is 0 Å². The van der Waals surface area contributed by atoms with Crippen molar-refractivity contribution in [2.45, 2.75) is 0 Å². The van der Waals surface area contributed by atoms with Gasteiger partial charge in [0.05, 0.1) is 0 Å². The zero-order valence-electron chi connectivity index (χ0n) is 5.33. The van der Waals surface area contributed by atoms with E-state index in [-0.39, 0.29) is 5.78 Å². The first kappa shape index (κ1) is 8.10. The highest BCUT2D eigenvalue weighted by atomic mass is 32.2. The molecule has 0 aromatic carbocycles. The molecule has 0 fully saturated rings. The van der Waals surface area contributed by atoms with Crippen molar-refractivity contribution in [2.24, 2.45) is 0 Å². The molecule has 2 rings (SSSR count). The third-order valence-corrected chi connectivity index (χ3v) is 3.74. The molecule has 2 heterocycles. The molecular formula is C3N4OS4+2. The molecule has 0 bridgehead atoms. The zero-order valence-corrected chi connectivity index (χ0v) is 8.60. The van der Waals surface area contributed by atoms with Crippen molar-refractivity contribution in [2.75, 3.05) is 0 Å². The molecule has 0 amide bonds. The van der Waals surface area contributed by atoms with Crippen LogP contribution in [0.2, 0.25) is 0 Å². The van der Waals surface area contributed by atoms with Crippen molar-refractivity contribution in [1.82, 2.24) is 16.3 Å². The fourth-order valence-electron chi connectivity index (χ4n) is 0.502. The molecule has 0 saturated heterocycles. The molecule has 9 heteroatoms. The lowest BCUT2D eigenvalue weighted by Crippen LogP contribution is -1.98. The van der Waals surface area contributed by atoms with Gasteiger partial charge >= 0.3 is 39.3 Å². The molecule has 2 aromatic rings. The topological polar surface area (TPSA) is 68.6 Å². The van der Waals surface area contributed by atoms with E-state index in [1.807, 2.05) is 0 Å². The Hall–Kier alpha value is -0.510. The molecule has 2 aromatic heterocycles. The van der Waals surface area contributed by atoms with Crippen LogP contribution in [0, 0.1) is 0 Å². The Kier molecular flexibility index (Phi) is 2.35. The van der Waals surface area contributed by atoms with Crippen LogP contribution in [0.1, 0.15) is 14.8 Å². The number of rotatable bonds is 2. The molecule has 12 heavy (non-hydrogen) atoms. The van der Waals surface area contributed by atoms with E-state index in [4.69, 9.17) is 0 Å². The van der Waals surface area contributed by atoms with Gasteiger partial charge in [0, 0.05) is 0 Å². The van der Waals surface area contributed by atoms with Gasteiger partial charge in [0.15, 0.2) is 0 Å². The second-order valence-corrected chi connectivity index (χ2v) is 4.64. The number of nitrogens with zero attached hydrogens (tertiary/aromatic N) is 4. The van der Waals surface area contributed by atoms with Crippen LogP contribution in [-0.4, -0.2) is 22.1 Å². The smallest absolute Gasteiger partial charge is 0.278 e. The fraction of sp³-hybridized carbons (Fsp3) is 0. The number of ketones is 1. The first-order valence-corrected chi connectivity index (χ1v) is 5.66. The van der Waals surface area contributed by atoms with Crippen LogP contribution in [-0.2, 0) is 0 Å². The van der Waals surface area contributed by atoms with Crippen LogP contribution < -0.4 is 0 Å². The first-order valence-electron chi connectivity index (χ1n) is 2.66. The van der Waals surface area contributed by atoms with Gasteiger partial charge in [0.25, 0.3) is 0 Å². The molecule has 0 atom stereocenters. The average molecular weight is 236 g/mol. The Morgan fingerprint density at radius 3 is 1.92 bits per heavy atom. The Balaban J connectivity index is 2.34. The molecule has 0 saturated carbocycles. The van der Waals surface area contributed by atoms with Crippen LogP contribution in [0.25, 0.3) is 0 Å². The van der Waals surface area contributed by atoms with Gasteiger partial charge < -0.3 is 0 Å². The molecule has 0 aliphatic carbocycles. The van der Waals surface area contributed by atoms with Crippen molar-refractivity contribution in [3.05, 3.63) is 10.0 Å². The summed E-state index contributed by atoms with van der Waals surface area (Å²) in [6.07, 6.45) is 0. The predicted octanol–water partition coefficient (Wildman–Crippen LogP) is 1.31. The number of hydrogen-bond donors (Lipinski definition) is 0. The summed E-state index contributed by atoms with van der Waals surface area (Å²) in [5.41, 5.74) is 0. The molecule has 0 aliphatic heterocycles. The lowest BCUT2D eigenvalue weighted by Gasteiger charge is -1.71. The minimum Gasteiger partial charge on any atom is -0.278 e. The third kappa shape index (κ3) is 1.48. The maximum atomic E-state index is 11.4. The van der Waals surface area contributed by atoms with E-state index < -0.39 is 0 Å². The summed E-state index contributed by atoms with van der Waals surface area (Å²) in [6.45, 7) is 0. The summed E-state index contributed by atoms with van der Waals surface area (Å²) in [5, 5.41) is 0.757. The van der Waals surface area contributed by atoms with Crippen LogP contribution in [0.5, 0.6) is 0 Å². The molecule has 0 N–H and O–H groups in total. The van der Waals surface area contributed by atoms with Crippen LogP contribution >= 0.6 is 46.5 Å². The largest absolute Gasteiger partial charge is 0.332 e. The minimum atomic E-state index is -0.188. The van der Waals surface area contributed by atoms with Crippen molar-refractivity contribution in [3.8, 4) is 0 Å². The molecule has 60 valence electrons. The Bertz CT molecular complexity index is 333. The van der Waals surface area contributed by atoms with E-state index in [9.17, 15) is 4.79 Å². The van der Waals surface area contributed by atoms with Gasteiger partial charge in [0.2, 0.25) is 23.1 Å². The second kappa shape index (κ2) is 3.47. The van der Waals surface area contributed by atoms with E-state index in [0.717, 1.165) is 46.5 Å². The van der Waals surface area contributed by atoms with Crippen molar-refractivity contribution in [1.29, 1.82) is 0 Å². The monoisotopic (exact) mass is 236 g/mol. The lowest BCUT2D eigenvalue weighted by atomic mass is 10.4. The van der Waals surface area contributed by atoms with Gasteiger partial charge in [-0.2, -0.15) is 0 Å². The second-order valence-electron chi connectivity index (χ2n) is 1.62. The highest BCUT2D eigenvalue weighted by Gasteiger charge is 2.28.